The number of aromatic nitrogens is 3. The first-order valence-electron chi connectivity index (χ1n) is 3.27. The average molecular weight is 162 g/mol. The van der Waals surface area contributed by atoms with E-state index in [1.54, 1.807) is 6.07 Å². The van der Waals surface area contributed by atoms with Crippen molar-refractivity contribution in [3.8, 4) is 11.4 Å². The van der Waals surface area contributed by atoms with Gasteiger partial charge >= 0.3 is 0 Å². The summed E-state index contributed by atoms with van der Waals surface area (Å²) in [6, 6.07) is 1.57. The quantitative estimate of drug-likeness (QED) is 0.527. The Morgan fingerprint density at radius 1 is 1.42 bits per heavy atom. The Labute approximate surface area is 67.6 Å². The number of imidazole rings is 1. The molecular formula is C7H4N3O2-. The van der Waals surface area contributed by atoms with E-state index in [4.69, 9.17) is 0 Å². The molecule has 0 aromatic carbocycles. The Balaban J connectivity index is 2.62. The number of carbonyl (C=O) groups is 1. The van der Waals surface area contributed by atoms with Crippen LogP contribution in [-0.2, 0) is 0 Å². The summed E-state index contributed by atoms with van der Waals surface area (Å²) < 4.78 is 0.928. The molecule has 0 N–H and O–H groups in total. The van der Waals surface area contributed by atoms with Gasteiger partial charge in [-0.25, -0.2) is 9.97 Å². The maximum absolute atomic E-state index is 10.4. The Morgan fingerprint density at radius 2 is 2.17 bits per heavy atom. The summed E-state index contributed by atoms with van der Waals surface area (Å²) in [5, 5.41) is 10.4. The maximum atomic E-state index is 10.4. The van der Waals surface area contributed by atoms with Gasteiger partial charge in [0.1, 0.15) is 18.1 Å². The van der Waals surface area contributed by atoms with Crippen LogP contribution in [0.2, 0.25) is 0 Å². The van der Waals surface area contributed by atoms with E-state index in [-0.39, 0.29) is 0 Å². The summed E-state index contributed by atoms with van der Waals surface area (Å²) in [5.74, 6) is 0. The van der Waals surface area contributed by atoms with E-state index < -0.39 is 6.09 Å². The predicted octanol–water partition coefficient (Wildman–Crippen LogP) is -0.426. The topological polar surface area (TPSA) is 70.8 Å². The van der Waals surface area contributed by atoms with Crippen molar-refractivity contribution in [3.63, 3.8) is 0 Å². The van der Waals surface area contributed by atoms with E-state index in [1.165, 1.54) is 18.7 Å². The van der Waals surface area contributed by atoms with Gasteiger partial charge in [0, 0.05) is 12.4 Å². The van der Waals surface area contributed by atoms with Gasteiger partial charge in [-0.05, 0) is 6.07 Å². The summed E-state index contributed by atoms with van der Waals surface area (Å²) in [7, 11) is 0. The molecule has 2 rings (SSSR count). The fourth-order valence-corrected chi connectivity index (χ4v) is 0.953. The lowest BCUT2D eigenvalue weighted by molar-refractivity contribution is -0.250. The van der Waals surface area contributed by atoms with Crippen molar-refractivity contribution in [2.24, 2.45) is 0 Å². The third-order valence-corrected chi connectivity index (χ3v) is 1.52. The highest BCUT2D eigenvalue weighted by Gasteiger charge is 2.04. The number of carbonyl (C=O) groups excluding carboxylic acids is 1. The van der Waals surface area contributed by atoms with Gasteiger partial charge in [-0.15, -0.1) is 0 Å². The summed E-state index contributed by atoms with van der Waals surface area (Å²) in [6.45, 7) is 0. The van der Waals surface area contributed by atoms with Gasteiger partial charge in [-0.2, -0.15) is 0 Å². The van der Waals surface area contributed by atoms with Crippen molar-refractivity contribution in [2.75, 3.05) is 0 Å². The minimum absolute atomic E-state index is 0.543. The fourth-order valence-electron chi connectivity index (χ4n) is 0.953. The van der Waals surface area contributed by atoms with Crippen LogP contribution in [0.1, 0.15) is 0 Å². The standard InChI is InChI=1S/C7H5N3O2/c11-7(12)10-2-1-5-6(3-10)9-4-8-5/h1-4H,(H,11,12)/p-1. The number of pyridine rings is 1. The van der Waals surface area contributed by atoms with Crippen molar-refractivity contribution in [1.29, 1.82) is 0 Å². The molecule has 0 saturated carbocycles. The second kappa shape index (κ2) is 2.30. The first-order chi connectivity index (χ1) is 5.77. The molecule has 0 fully saturated rings. The Hall–Kier alpha value is -1.91. The van der Waals surface area contributed by atoms with Crippen LogP contribution in [-0.4, -0.2) is 20.6 Å². The van der Waals surface area contributed by atoms with Gasteiger partial charge < -0.3 is 14.5 Å². The zero-order valence-corrected chi connectivity index (χ0v) is 5.97. The van der Waals surface area contributed by atoms with Gasteiger partial charge in [-0.3, -0.25) is 0 Å². The van der Waals surface area contributed by atoms with Crippen LogP contribution in [0.25, 0.3) is 11.4 Å². The molecule has 0 unspecified atom stereocenters. The van der Waals surface area contributed by atoms with Crippen LogP contribution in [0.15, 0.2) is 24.8 Å². The van der Waals surface area contributed by atoms with Crippen LogP contribution in [0.5, 0.6) is 0 Å². The van der Waals surface area contributed by atoms with Crippen LogP contribution >= 0.6 is 0 Å². The lowest BCUT2D eigenvalue weighted by Gasteiger charge is -2.06. The number of nitrogens with zero attached hydrogens (tertiary/aromatic N) is 3. The monoisotopic (exact) mass is 162 g/mol. The smallest absolute Gasteiger partial charge is 0.145 e. The molecule has 0 radical (unpaired) electrons. The molecular weight excluding hydrogens is 158 g/mol. The molecule has 0 saturated heterocycles. The highest BCUT2D eigenvalue weighted by molar-refractivity contribution is 5.68. The number of hydrogen-bond acceptors (Lipinski definition) is 4. The Morgan fingerprint density at radius 3 is 2.92 bits per heavy atom. The van der Waals surface area contributed by atoms with E-state index in [0.29, 0.717) is 11.4 Å². The fraction of sp³-hybridized carbons (Fsp3) is 0. The van der Waals surface area contributed by atoms with Crippen molar-refractivity contribution in [3.05, 3.63) is 24.8 Å². The Bertz CT molecular complexity index is 396. The van der Waals surface area contributed by atoms with E-state index in [2.05, 4.69) is 9.97 Å². The molecule has 60 valence electrons. The summed E-state index contributed by atoms with van der Waals surface area (Å²) >= 11 is 0. The molecule has 2 aliphatic heterocycles. The van der Waals surface area contributed by atoms with Crippen molar-refractivity contribution in [1.82, 2.24) is 14.5 Å². The van der Waals surface area contributed by atoms with Crippen LogP contribution in [0.3, 0.4) is 0 Å². The third kappa shape index (κ3) is 0.914. The maximum Gasteiger partial charge on any atom is 0.145 e. The molecule has 5 heteroatoms. The largest absolute Gasteiger partial charge is 0.529 e. The second-order valence-electron chi connectivity index (χ2n) is 2.26. The summed E-state index contributed by atoms with van der Waals surface area (Å²) in [5.41, 5.74) is 1.22. The number of hydrogen-bond donors (Lipinski definition) is 0. The van der Waals surface area contributed by atoms with E-state index in [1.807, 2.05) is 0 Å². The number of fused-ring (bicyclic) bond motifs is 1. The van der Waals surface area contributed by atoms with Crippen molar-refractivity contribution in [2.45, 2.75) is 0 Å². The molecule has 0 aromatic heterocycles. The lowest BCUT2D eigenvalue weighted by Crippen LogP contribution is -2.28. The van der Waals surface area contributed by atoms with E-state index in [0.717, 1.165) is 4.57 Å². The van der Waals surface area contributed by atoms with Crippen molar-refractivity contribution < 1.29 is 9.90 Å². The predicted molar refractivity (Wildman–Crippen MR) is 37.4 cm³/mol. The molecule has 2 heterocycles. The number of rotatable bonds is 0. The second-order valence-corrected chi connectivity index (χ2v) is 2.26. The summed E-state index contributed by atoms with van der Waals surface area (Å²) in [6.07, 6.45) is 2.83. The minimum Gasteiger partial charge on any atom is -0.529 e. The van der Waals surface area contributed by atoms with E-state index >= 15 is 0 Å². The van der Waals surface area contributed by atoms with E-state index in [9.17, 15) is 9.90 Å². The first-order valence-corrected chi connectivity index (χ1v) is 3.27. The van der Waals surface area contributed by atoms with Gasteiger partial charge in [0.25, 0.3) is 0 Å². The molecule has 0 aliphatic carbocycles. The molecule has 0 atom stereocenters. The molecule has 0 aromatic rings. The highest BCUT2D eigenvalue weighted by Crippen LogP contribution is 2.14. The zero-order chi connectivity index (χ0) is 8.55. The summed E-state index contributed by atoms with van der Waals surface area (Å²) in [4.78, 5) is 18.1. The van der Waals surface area contributed by atoms with Crippen molar-refractivity contribution >= 4 is 6.09 Å². The lowest BCUT2D eigenvalue weighted by atomic mass is 10.3. The van der Waals surface area contributed by atoms with Gasteiger partial charge in [-0.1, -0.05) is 0 Å². The van der Waals surface area contributed by atoms with Gasteiger partial charge in [0.2, 0.25) is 0 Å². The molecule has 2 aliphatic rings. The average Bonchev–Trinajstić information content (AvgIpc) is 2.49. The van der Waals surface area contributed by atoms with Crippen LogP contribution < -0.4 is 5.11 Å². The number of carboxylic acid groups (broad SMARTS) is 1. The molecule has 0 spiro atoms. The third-order valence-electron chi connectivity index (χ3n) is 1.52. The SMILES string of the molecule is O=C([O-])n1ccc2ncnc-2c1. The normalized spacial score (nSPS) is 10.3. The molecule has 5 nitrogen and oxygen atoms in total. The first kappa shape index (κ1) is 6.78. The highest BCUT2D eigenvalue weighted by atomic mass is 16.4. The minimum atomic E-state index is -1.28. The molecule has 12 heavy (non-hydrogen) atoms. The zero-order valence-electron chi connectivity index (χ0n) is 5.97. The molecule has 0 amide bonds. The van der Waals surface area contributed by atoms with Gasteiger partial charge in [0.05, 0.1) is 5.69 Å². The van der Waals surface area contributed by atoms with Crippen LogP contribution in [0, 0.1) is 0 Å². The Kier molecular flexibility index (Phi) is 1.30. The van der Waals surface area contributed by atoms with Crippen LogP contribution in [0.4, 0.5) is 4.79 Å². The molecule has 0 bridgehead atoms. The van der Waals surface area contributed by atoms with Gasteiger partial charge in [0.15, 0.2) is 0 Å².